The van der Waals surface area contributed by atoms with Crippen LogP contribution in [0.15, 0.2) is 30.3 Å². The van der Waals surface area contributed by atoms with E-state index in [2.05, 4.69) is 20.6 Å². The van der Waals surface area contributed by atoms with Gasteiger partial charge in [-0.2, -0.15) is 13.2 Å². The zero-order valence-corrected chi connectivity index (χ0v) is 15.3. The van der Waals surface area contributed by atoms with Crippen LogP contribution in [0, 0.1) is 12.8 Å². The molecule has 1 aliphatic rings. The molecule has 28 heavy (non-hydrogen) atoms. The zero-order valence-electron chi connectivity index (χ0n) is 15.3. The van der Waals surface area contributed by atoms with Crippen molar-refractivity contribution in [3.05, 3.63) is 52.8 Å². The first-order valence-corrected chi connectivity index (χ1v) is 8.78. The Morgan fingerprint density at radius 3 is 2.54 bits per heavy atom. The first kappa shape index (κ1) is 19.8. The standard InChI is InChI=1S/C19H19F3N4O2/c1-10-8-15(25-18(23-10)26-16(27)12-6-7-12)17(28)24-11(2)13-4-3-5-14(9-13)19(20,21)22/h3-5,8-9,11-12H,6-7H2,1-2H3,(H,24,28)(H,23,25,26,27)/t11-/m1/s1. The molecule has 1 aliphatic carbocycles. The Kier molecular flexibility index (Phi) is 5.35. The van der Waals surface area contributed by atoms with Crippen LogP contribution >= 0.6 is 0 Å². The van der Waals surface area contributed by atoms with E-state index in [0.717, 1.165) is 25.0 Å². The summed E-state index contributed by atoms with van der Waals surface area (Å²) in [5, 5.41) is 5.21. The molecule has 1 aromatic heterocycles. The number of carbonyl (C=O) groups excluding carboxylic acids is 2. The maximum absolute atomic E-state index is 12.9. The lowest BCUT2D eigenvalue weighted by Gasteiger charge is -2.16. The smallest absolute Gasteiger partial charge is 0.344 e. The molecule has 1 atom stereocenters. The number of hydrogen-bond donors (Lipinski definition) is 2. The number of halogens is 3. The Balaban J connectivity index is 1.73. The number of rotatable bonds is 5. The molecule has 3 rings (SSSR count). The van der Waals surface area contributed by atoms with Gasteiger partial charge in [0.2, 0.25) is 11.9 Å². The van der Waals surface area contributed by atoms with Crippen molar-refractivity contribution in [2.24, 2.45) is 5.92 Å². The van der Waals surface area contributed by atoms with Gasteiger partial charge in [0.1, 0.15) is 5.69 Å². The highest BCUT2D eigenvalue weighted by Gasteiger charge is 2.31. The van der Waals surface area contributed by atoms with Crippen molar-refractivity contribution < 1.29 is 22.8 Å². The summed E-state index contributed by atoms with van der Waals surface area (Å²) in [6.07, 6.45) is -2.82. The number of nitrogens with zero attached hydrogens (tertiary/aromatic N) is 2. The summed E-state index contributed by atoms with van der Waals surface area (Å²) in [7, 11) is 0. The minimum atomic E-state index is -4.46. The van der Waals surface area contributed by atoms with E-state index in [0.29, 0.717) is 11.3 Å². The van der Waals surface area contributed by atoms with E-state index >= 15 is 0 Å². The minimum absolute atomic E-state index is 0.0254. The molecule has 0 saturated heterocycles. The minimum Gasteiger partial charge on any atom is -0.344 e. The van der Waals surface area contributed by atoms with Gasteiger partial charge in [-0.1, -0.05) is 12.1 Å². The molecule has 1 fully saturated rings. The van der Waals surface area contributed by atoms with Gasteiger partial charge in [0, 0.05) is 11.6 Å². The van der Waals surface area contributed by atoms with Crippen LogP contribution in [-0.4, -0.2) is 21.8 Å². The first-order chi connectivity index (χ1) is 13.1. The summed E-state index contributed by atoms with van der Waals surface area (Å²) in [5.41, 5.74) is 0.0423. The summed E-state index contributed by atoms with van der Waals surface area (Å²) >= 11 is 0. The van der Waals surface area contributed by atoms with Gasteiger partial charge >= 0.3 is 6.18 Å². The number of amides is 2. The quantitative estimate of drug-likeness (QED) is 0.814. The predicted octanol–water partition coefficient (Wildman–Crippen LogP) is 3.64. The predicted molar refractivity (Wildman–Crippen MR) is 95.4 cm³/mol. The molecule has 148 valence electrons. The van der Waals surface area contributed by atoms with Gasteiger partial charge in [0.25, 0.3) is 5.91 Å². The molecule has 0 unspecified atom stereocenters. The molecule has 0 radical (unpaired) electrons. The Bertz CT molecular complexity index is 910. The monoisotopic (exact) mass is 392 g/mol. The third-order valence-corrected chi connectivity index (χ3v) is 4.33. The fraction of sp³-hybridized carbons (Fsp3) is 0.368. The average Bonchev–Trinajstić information content (AvgIpc) is 3.45. The fourth-order valence-electron chi connectivity index (χ4n) is 2.64. The van der Waals surface area contributed by atoms with Crippen molar-refractivity contribution in [3.8, 4) is 0 Å². The number of nitrogens with one attached hydrogen (secondary N) is 2. The summed E-state index contributed by atoms with van der Waals surface area (Å²) in [5.74, 6) is -0.761. The number of anilines is 1. The lowest BCUT2D eigenvalue weighted by Crippen LogP contribution is -2.28. The van der Waals surface area contributed by atoms with E-state index in [1.807, 2.05) is 0 Å². The number of carbonyl (C=O) groups is 2. The second-order valence-corrected chi connectivity index (χ2v) is 6.80. The van der Waals surface area contributed by atoms with E-state index < -0.39 is 23.7 Å². The maximum Gasteiger partial charge on any atom is 0.416 e. The molecule has 6 nitrogen and oxygen atoms in total. The van der Waals surface area contributed by atoms with Gasteiger partial charge in [-0.15, -0.1) is 0 Å². The number of hydrogen-bond acceptors (Lipinski definition) is 4. The van der Waals surface area contributed by atoms with E-state index in [-0.39, 0.29) is 23.5 Å². The normalized spacial score (nSPS) is 15.0. The Labute approximate surface area is 159 Å². The summed E-state index contributed by atoms with van der Waals surface area (Å²) < 4.78 is 38.6. The van der Waals surface area contributed by atoms with Crippen LogP contribution in [0.2, 0.25) is 0 Å². The van der Waals surface area contributed by atoms with E-state index in [4.69, 9.17) is 0 Å². The highest BCUT2D eigenvalue weighted by atomic mass is 19.4. The Morgan fingerprint density at radius 1 is 1.18 bits per heavy atom. The second-order valence-electron chi connectivity index (χ2n) is 6.80. The van der Waals surface area contributed by atoms with Crippen LogP contribution in [0.4, 0.5) is 19.1 Å². The lowest BCUT2D eigenvalue weighted by molar-refractivity contribution is -0.137. The Morgan fingerprint density at radius 2 is 1.89 bits per heavy atom. The van der Waals surface area contributed by atoms with Gasteiger partial charge in [-0.05, 0) is 50.5 Å². The topological polar surface area (TPSA) is 84.0 Å². The van der Waals surface area contributed by atoms with Crippen LogP contribution < -0.4 is 10.6 Å². The van der Waals surface area contributed by atoms with Crippen molar-refractivity contribution in [1.29, 1.82) is 0 Å². The maximum atomic E-state index is 12.9. The summed E-state index contributed by atoms with van der Waals surface area (Å²) in [6, 6.07) is 5.54. The fourth-order valence-corrected chi connectivity index (χ4v) is 2.64. The molecule has 2 aromatic rings. The molecule has 2 N–H and O–H groups in total. The summed E-state index contributed by atoms with van der Waals surface area (Å²) in [4.78, 5) is 32.5. The van der Waals surface area contributed by atoms with Crippen molar-refractivity contribution in [2.75, 3.05) is 5.32 Å². The number of aromatic nitrogens is 2. The largest absolute Gasteiger partial charge is 0.416 e. The van der Waals surface area contributed by atoms with E-state index in [9.17, 15) is 22.8 Å². The van der Waals surface area contributed by atoms with Gasteiger partial charge in [-0.3, -0.25) is 14.9 Å². The third kappa shape index (κ3) is 4.85. The molecular weight excluding hydrogens is 373 g/mol. The van der Waals surface area contributed by atoms with Crippen LogP contribution in [0.25, 0.3) is 0 Å². The number of benzene rings is 1. The SMILES string of the molecule is Cc1cc(C(=O)N[C@H](C)c2cccc(C(F)(F)F)c2)nc(NC(=O)C2CC2)n1. The zero-order chi connectivity index (χ0) is 20.5. The van der Waals surface area contributed by atoms with Crippen molar-refractivity contribution in [1.82, 2.24) is 15.3 Å². The number of aryl methyl sites for hydroxylation is 1. The van der Waals surface area contributed by atoms with Crippen LogP contribution in [-0.2, 0) is 11.0 Å². The molecule has 0 spiro atoms. The molecular formula is C19H19F3N4O2. The summed E-state index contributed by atoms with van der Waals surface area (Å²) in [6.45, 7) is 3.23. The average molecular weight is 392 g/mol. The second kappa shape index (κ2) is 7.57. The van der Waals surface area contributed by atoms with Crippen molar-refractivity contribution >= 4 is 17.8 Å². The number of alkyl halides is 3. The van der Waals surface area contributed by atoms with Crippen LogP contribution in [0.3, 0.4) is 0 Å². The van der Waals surface area contributed by atoms with Crippen LogP contribution in [0.1, 0.15) is 53.1 Å². The first-order valence-electron chi connectivity index (χ1n) is 8.78. The highest BCUT2D eigenvalue weighted by Crippen LogP contribution is 2.31. The van der Waals surface area contributed by atoms with E-state index in [1.165, 1.54) is 18.2 Å². The van der Waals surface area contributed by atoms with Gasteiger partial charge in [0.05, 0.1) is 11.6 Å². The molecule has 1 heterocycles. The highest BCUT2D eigenvalue weighted by molar-refractivity contribution is 5.95. The Hall–Kier alpha value is -2.97. The molecule has 9 heteroatoms. The lowest BCUT2D eigenvalue weighted by atomic mass is 10.0. The molecule has 0 bridgehead atoms. The molecule has 1 aromatic carbocycles. The molecule has 2 amide bonds. The third-order valence-electron chi connectivity index (χ3n) is 4.33. The van der Waals surface area contributed by atoms with E-state index in [1.54, 1.807) is 13.8 Å². The molecule has 0 aliphatic heterocycles. The van der Waals surface area contributed by atoms with Gasteiger partial charge in [-0.25, -0.2) is 9.97 Å². The van der Waals surface area contributed by atoms with Crippen LogP contribution in [0.5, 0.6) is 0 Å². The van der Waals surface area contributed by atoms with Gasteiger partial charge in [0.15, 0.2) is 0 Å². The van der Waals surface area contributed by atoms with Crippen molar-refractivity contribution in [3.63, 3.8) is 0 Å². The molecule has 1 saturated carbocycles. The van der Waals surface area contributed by atoms with Gasteiger partial charge < -0.3 is 5.32 Å². The van der Waals surface area contributed by atoms with Crippen molar-refractivity contribution in [2.45, 2.75) is 38.9 Å².